The van der Waals surface area contributed by atoms with Crippen LogP contribution in [0.2, 0.25) is 0 Å². The van der Waals surface area contributed by atoms with E-state index in [-0.39, 0.29) is 29.8 Å². The summed E-state index contributed by atoms with van der Waals surface area (Å²) in [4.78, 5) is 6.28. The second kappa shape index (κ2) is 8.78. The fourth-order valence-corrected chi connectivity index (χ4v) is 2.33. The van der Waals surface area contributed by atoms with Crippen LogP contribution in [0.3, 0.4) is 0 Å². The molecule has 2 N–H and O–H groups in total. The van der Waals surface area contributed by atoms with Crippen molar-refractivity contribution in [3.8, 4) is 0 Å². The van der Waals surface area contributed by atoms with Gasteiger partial charge in [-0.25, -0.2) is 4.39 Å². The van der Waals surface area contributed by atoms with Gasteiger partial charge in [-0.05, 0) is 30.2 Å². The highest BCUT2D eigenvalue weighted by molar-refractivity contribution is 14.0. The second-order valence-electron chi connectivity index (χ2n) is 4.33. The molecule has 2 rings (SSSR count). The van der Waals surface area contributed by atoms with E-state index in [2.05, 4.69) is 20.9 Å². The Labute approximate surface area is 143 Å². The fraction of sp³-hybridized carbons (Fsp3) is 0.462. The Morgan fingerprint density at radius 3 is 2.80 bits per heavy atom. The van der Waals surface area contributed by atoms with Crippen LogP contribution in [0.4, 0.5) is 4.39 Å². The van der Waals surface area contributed by atoms with Crippen LogP contribution in [0, 0.1) is 5.82 Å². The number of rotatable bonds is 3. The number of morpholine rings is 1. The third-order valence-corrected chi connectivity index (χ3v) is 3.49. The summed E-state index contributed by atoms with van der Waals surface area (Å²) in [6.07, 6.45) is 0.538. The predicted molar refractivity (Wildman–Crippen MR) is 92.1 cm³/mol. The van der Waals surface area contributed by atoms with E-state index >= 15 is 0 Å². The van der Waals surface area contributed by atoms with E-state index in [9.17, 15) is 4.39 Å². The van der Waals surface area contributed by atoms with Crippen LogP contribution in [-0.2, 0) is 11.2 Å². The third-order valence-electron chi connectivity index (χ3n) is 3.00. The zero-order valence-electron chi connectivity index (χ0n) is 11.0. The van der Waals surface area contributed by atoms with E-state index in [1.807, 2.05) is 4.90 Å². The van der Waals surface area contributed by atoms with Crippen LogP contribution >= 0.6 is 39.9 Å². The monoisotopic (exact) mass is 457 g/mol. The molecule has 0 unspecified atom stereocenters. The van der Waals surface area contributed by atoms with Gasteiger partial charge in [0.05, 0.1) is 13.2 Å². The molecule has 7 heteroatoms. The molecule has 0 amide bonds. The van der Waals surface area contributed by atoms with Crippen LogP contribution in [0.1, 0.15) is 5.56 Å². The zero-order valence-corrected chi connectivity index (χ0v) is 14.9. The van der Waals surface area contributed by atoms with Crippen molar-refractivity contribution < 1.29 is 9.13 Å². The lowest BCUT2D eigenvalue weighted by atomic mass is 10.1. The summed E-state index contributed by atoms with van der Waals surface area (Å²) in [6, 6.07) is 4.91. The van der Waals surface area contributed by atoms with Crippen molar-refractivity contribution in [1.29, 1.82) is 0 Å². The average Bonchev–Trinajstić information content (AvgIpc) is 2.43. The summed E-state index contributed by atoms with van der Waals surface area (Å²) in [6.45, 7) is 3.37. The van der Waals surface area contributed by atoms with Gasteiger partial charge >= 0.3 is 0 Å². The summed E-state index contributed by atoms with van der Waals surface area (Å²) in [7, 11) is 0. The van der Waals surface area contributed by atoms with Crippen molar-refractivity contribution in [3.63, 3.8) is 0 Å². The Balaban J connectivity index is 0.00000200. The summed E-state index contributed by atoms with van der Waals surface area (Å²) < 4.78 is 19.6. The SMILES string of the molecule is I.NC(=NCCc1cc(Br)ccc1F)N1CCOCC1. The number of guanidine groups is 1. The third kappa shape index (κ3) is 5.17. The molecule has 1 aromatic rings. The van der Waals surface area contributed by atoms with E-state index in [4.69, 9.17) is 10.5 Å². The van der Waals surface area contributed by atoms with Crippen molar-refractivity contribution in [1.82, 2.24) is 4.90 Å². The zero-order chi connectivity index (χ0) is 13.7. The lowest BCUT2D eigenvalue weighted by molar-refractivity contribution is 0.0674. The molecule has 0 saturated carbocycles. The molecule has 1 aliphatic rings. The van der Waals surface area contributed by atoms with Crippen LogP contribution in [0.25, 0.3) is 0 Å². The topological polar surface area (TPSA) is 50.8 Å². The summed E-state index contributed by atoms with van der Waals surface area (Å²) >= 11 is 3.33. The van der Waals surface area contributed by atoms with E-state index in [1.165, 1.54) is 6.07 Å². The van der Waals surface area contributed by atoms with E-state index in [0.29, 0.717) is 37.7 Å². The van der Waals surface area contributed by atoms with Crippen molar-refractivity contribution in [2.45, 2.75) is 6.42 Å². The Kier molecular flexibility index (Phi) is 7.75. The van der Waals surface area contributed by atoms with Gasteiger partial charge in [-0.3, -0.25) is 4.99 Å². The first-order chi connectivity index (χ1) is 9.16. The molecule has 20 heavy (non-hydrogen) atoms. The van der Waals surface area contributed by atoms with Crippen molar-refractivity contribution >= 4 is 45.9 Å². The smallest absolute Gasteiger partial charge is 0.191 e. The van der Waals surface area contributed by atoms with Gasteiger partial charge in [-0.1, -0.05) is 15.9 Å². The molecular formula is C13H18BrFIN3O. The van der Waals surface area contributed by atoms with Crippen molar-refractivity contribution in [2.24, 2.45) is 10.7 Å². The Bertz CT molecular complexity index is 467. The van der Waals surface area contributed by atoms with Gasteiger partial charge in [-0.2, -0.15) is 0 Å². The molecule has 0 spiro atoms. The summed E-state index contributed by atoms with van der Waals surface area (Å²) in [5.74, 6) is 0.307. The molecule has 0 radical (unpaired) electrons. The molecule has 1 fully saturated rings. The minimum atomic E-state index is -0.205. The molecule has 1 heterocycles. The first kappa shape index (κ1) is 17.6. The highest BCUT2D eigenvalue weighted by Crippen LogP contribution is 2.16. The number of hydrogen-bond acceptors (Lipinski definition) is 2. The van der Waals surface area contributed by atoms with Gasteiger partial charge in [0, 0.05) is 24.1 Å². The van der Waals surface area contributed by atoms with Crippen molar-refractivity contribution in [3.05, 3.63) is 34.1 Å². The maximum absolute atomic E-state index is 13.5. The molecule has 1 aromatic carbocycles. The number of nitrogens with zero attached hydrogens (tertiary/aromatic N) is 2. The van der Waals surface area contributed by atoms with E-state index < -0.39 is 0 Å². The van der Waals surface area contributed by atoms with Crippen molar-refractivity contribution in [2.75, 3.05) is 32.8 Å². The lowest BCUT2D eigenvalue weighted by Crippen LogP contribution is -2.44. The van der Waals surface area contributed by atoms with Crippen LogP contribution in [-0.4, -0.2) is 43.7 Å². The number of ether oxygens (including phenoxy) is 1. The predicted octanol–water partition coefficient (Wildman–Crippen LogP) is 2.40. The molecule has 0 aromatic heterocycles. The molecule has 4 nitrogen and oxygen atoms in total. The number of aliphatic imine (C=N–C) groups is 1. The van der Waals surface area contributed by atoms with Gasteiger partial charge in [0.1, 0.15) is 5.82 Å². The number of halogens is 3. The Morgan fingerprint density at radius 2 is 2.10 bits per heavy atom. The normalized spacial score (nSPS) is 15.9. The van der Waals surface area contributed by atoms with E-state index in [0.717, 1.165) is 17.6 Å². The maximum atomic E-state index is 13.5. The first-order valence-electron chi connectivity index (χ1n) is 6.23. The second-order valence-corrected chi connectivity index (χ2v) is 5.24. The lowest BCUT2D eigenvalue weighted by Gasteiger charge is -2.27. The molecule has 1 saturated heterocycles. The minimum Gasteiger partial charge on any atom is -0.378 e. The molecule has 0 bridgehead atoms. The molecule has 0 atom stereocenters. The maximum Gasteiger partial charge on any atom is 0.191 e. The molecule has 0 aliphatic carbocycles. The highest BCUT2D eigenvalue weighted by Gasteiger charge is 2.11. The minimum absolute atomic E-state index is 0. The van der Waals surface area contributed by atoms with Crippen LogP contribution in [0.5, 0.6) is 0 Å². The van der Waals surface area contributed by atoms with Gasteiger partial charge in [-0.15, -0.1) is 24.0 Å². The first-order valence-corrected chi connectivity index (χ1v) is 7.02. The Morgan fingerprint density at radius 1 is 1.40 bits per heavy atom. The summed E-state index contributed by atoms with van der Waals surface area (Å²) in [5, 5.41) is 0. The molecule has 112 valence electrons. The van der Waals surface area contributed by atoms with E-state index in [1.54, 1.807) is 12.1 Å². The van der Waals surface area contributed by atoms with Crippen LogP contribution in [0.15, 0.2) is 27.7 Å². The number of hydrogen-bond donors (Lipinski definition) is 1. The standard InChI is InChI=1S/C13H17BrFN3O.HI/c14-11-1-2-12(15)10(9-11)3-4-17-13(16)18-5-7-19-8-6-18;/h1-2,9H,3-8H2,(H2,16,17);1H. The largest absolute Gasteiger partial charge is 0.378 e. The number of benzene rings is 1. The molecule has 1 aliphatic heterocycles. The number of nitrogens with two attached hydrogens (primary N) is 1. The fourth-order valence-electron chi connectivity index (χ4n) is 1.92. The van der Waals surface area contributed by atoms with Gasteiger partial charge < -0.3 is 15.4 Å². The van der Waals surface area contributed by atoms with Crippen LogP contribution < -0.4 is 5.73 Å². The Hall–Kier alpha value is -0.410. The molecular weight excluding hydrogens is 440 g/mol. The van der Waals surface area contributed by atoms with Gasteiger partial charge in [0.25, 0.3) is 0 Å². The van der Waals surface area contributed by atoms with Gasteiger partial charge in [0.15, 0.2) is 5.96 Å². The average molecular weight is 458 g/mol. The highest BCUT2D eigenvalue weighted by atomic mass is 127. The van der Waals surface area contributed by atoms with Gasteiger partial charge in [0.2, 0.25) is 0 Å². The quantitative estimate of drug-likeness (QED) is 0.430. The summed E-state index contributed by atoms with van der Waals surface area (Å²) in [5.41, 5.74) is 6.54.